The number of ether oxygens (including phenoxy) is 4. The Balaban J connectivity index is 1.58. The third-order valence-electron chi connectivity index (χ3n) is 9.64. The summed E-state index contributed by atoms with van der Waals surface area (Å²) in [6, 6.07) is 0. The summed E-state index contributed by atoms with van der Waals surface area (Å²) in [5, 5.41) is 21.8. The second-order valence-electron chi connectivity index (χ2n) is 14.5. The van der Waals surface area contributed by atoms with E-state index in [1.165, 1.54) is 12.5 Å². The van der Waals surface area contributed by atoms with Gasteiger partial charge in [0.05, 0.1) is 24.7 Å². The van der Waals surface area contributed by atoms with Crippen molar-refractivity contribution in [2.24, 2.45) is 10.8 Å². The minimum absolute atomic E-state index is 0.00780. The van der Waals surface area contributed by atoms with E-state index in [9.17, 15) is 19.8 Å². The number of esters is 2. The Hall–Kier alpha value is -4.88. The van der Waals surface area contributed by atoms with Gasteiger partial charge in [-0.1, -0.05) is 119 Å². The lowest BCUT2D eigenvalue weighted by atomic mass is 9.79. The lowest BCUT2D eigenvalue weighted by Crippen LogP contribution is -2.42. The molecule has 0 aromatic carbocycles. The first-order chi connectivity index (χ1) is 26.3. The number of carbonyl (C=O) groups excluding carboxylic acids is 2. The molecule has 1 fully saturated rings. The van der Waals surface area contributed by atoms with E-state index in [1.807, 2.05) is 96.2 Å². The van der Waals surface area contributed by atoms with Crippen molar-refractivity contribution in [3.63, 3.8) is 0 Å². The molecular weight excluding hydrogens is 704 g/mol. The molecule has 5 unspecified atom stereocenters. The molecule has 0 radical (unpaired) electrons. The summed E-state index contributed by atoms with van der Waals surface area (Å²) in [4.78, 5) is 35.2. The van der Waals surface area contributed by atoms with Gasteiger partial charge >= 0.3 is 11.9 Å². The zero-order valence-corrected chi connectivity index (χ0v) is 32.6. The van der Waals surface area contributed by atoms with Gasteiger partial charge in [-0.2, -0.15) is 0 Å². The Kier molecular flexibility index (Phi) is 15.7. The topological polar surface area (TPSA) is 167 Å². The number of nitrogens with zero attached hydrogens (tertiary/aromatic N) is 2. The first-order valence-corrected chi connectivity index (χ1v) is 18.4. The minimum atomic E-state index is -0.880. The van der Waals surface area contributed by atoms with Crippen molar-refractivity contribution < 1.29 is 47.6 Å². The number of allylic oxidation sites excluding steroid dienone is 8. The van der Waals surface area contributed by atoms with Crippen LogP contribution in [-0.4, -0.2) is 82.0 Å². The Bertz CT molecular complexity index is 1800. The summed E-state index contributed by atoms with van der Waals surface area (Å²) in [7, 11) is 1.56. The van der Waals surface area contributed by atoms with E-state index < -0.39 is 53.3 Å². The van der Waals surface area contributed by atoms with Crippen molar-refractivity contribution in [3.05, 3.63) is 127 Å². The molecular formula is C43H54N2O10. The summed E-state index contributed by atoms with van der Waals surface area (Å²) in [6.07, 6.45) is 28.0. The maximum Gasteiger partial charge on any atom is 0.360 e. The van der Waals surface area contributed by atoms with Gasteiger partial charge in [-0.3, -0.25) is 0 Å². The summed E-state index contributed by atoms with van der Waals surface area (Å²) in [5.41, 5.74) is -1.66. The predicted molar refractivity (Wildman–Crippen MR) is 208 cm³/mol. The molecule has 2 aromatic rings. The average Bonchev–Trinajstić information content (AvgIpc) is 3.47. The van der Waals surface area contributed by atoms with Crippen molar-refractivity contribution in [2.45, 2.75) is 104 Å². The molecule has 296 valence electrons. The number of epoxide rings is 1. The Morgan fingerprint density at radius 1 is 0.745 bits per heavy atom. The number of aliphatic hydroxyl groups is 2. The molecule has 4 heterocycles. The van der Waals surface area contributed by atoms with Crippen LogP contribution in [-0.2, 0) is 25.4 Å². The number of hydrogen-bond acceptors (Lipinski definition) is 12. The zero-order valence-electron chi connectivity index (χ0n) is 32.6. The van der Waals surface area contributed by atoms with Gasteiger partial charge in [0.25, 0.3) is 0 Å². The van der Waals surface area contributed by atoms with E-state index in [0.717, 1.165) is 0 Å². The molecule has 2 aliphatic rings. The van der Waals surface area contributed by atoms with Crippen LogP contribution in [0.1, 0.15) is 87.1 Å². The average molecular weight is 759 g/mol. The first kappa shape index (κ1) is 42.9. The molecule has 2 aliphatic heterocycles. The number of aliphatic hydroxyl groups excluding tert-OH is 2. The number of fused-ring (bicyclic) bond motifs is 5. The van der Waals surface area contributed by atoms with Gasteiger partial charge < -0.3 is 38.0 Å². The number of hydrogen-bond donors (Lipinski definition) is 2. The molecule has 2 aromatic heterocycles. The SMILES string of the molecule is C/C=C/C(O)C(C)(C)C1C\C=C/C=C/C=C/C(OC)Cc2nc(co2)C(=O)OC(C(C)(C)C(O)/C=C/C)C/C=C\[C@H]2O[C@H]2/C=C/C=C/c2nc(co2)C(=O)O1. The molecule has 4 bridgehead atoms. The van der Waals surface area contributed by atoms with Gasteiger partial charge in [0.1, 0.15) is 36.9 Å². The Labute approximate surface area is 323 Å². The summed E-state index contributed by atoms with van der Waals surface area (Å²) < 4.78 is 34.3. The molecule has 0 saturated carbocycles. The van der Waals surface area contributed by atoms with Crippen LogP contribution in [0.15, 0.2) is 113 Å². The van der Waals surface area contributed by atoms with Crippen molar-refractivity contribution in [1.29, 1.82) is 0 Å². The fourth-order valence-electron chi connectivity index (χ4n) is 5.68. The summed E-state index contributed by atoms with van der Waals surface area (Å²) >= 11 is 0. The van der Waals surface area contributed by atoms with E-state index in [-0.39, 0.29) is 35.9 Å². The molecule has 12 nitrogen and oxygen atoms in total. The van der Waals surface area contributed by atoms with Crippen molar-refractivity contribution in [1.82, 2.24) is 9.97 Å². The van der Waals surface area contributed by atoms with Crippen molar-refractivity contribution in [3.8, 4) is 0 Å². The maximum absolute atomic E-state index is 13.3. The van der Waals surface area contributed by atoms with Crippen LogP contribution in [0.25, 0.3) is 6.08 Å². The van der Waals surface area contributed by atoms with E-state index >= 15 is 0 Å². The molecule has 4 rings (SSSR count). The summed E-state index contributed by atoms with van der Waals surface area (Å²) in [6.45, 7) is 11.0. The Morgan fingerprint density at radius 3 is 1.95 bits per heavy atom. The molecule has 0 spiro atoms. The highest BCUT2D eigenvalue weighted by Gasteiger charge is 2.40. The van der Waals surface area contributed by atoms with Gasteiger partial charge in [-0.15, -0.1) is 0 Å². The van der Waals surface area contributed by atoms with E-state index in [0.29, 0.717) is 18.7 Å². The molecule has 1 saturated heterocycles. The molecule has 0 amide bonds. The van der Waals surface area contributed by atoms with E-state index in [1.54, 1.807) is 49.6 Å². The minimum Gasteiger partial charge on any atom is -0.457 e. The van der Waals surface area contributed by atoms with Gasteiger partial charge in [0, 0.05) is 36.9 Å². The van der Waals surface area contributed by atoms with Crippen LogP contribution in [0.2, 0.25) is 0 Å². The fraction of sp³-hybridized carbons (Fsp3) is 0.442. The highest BCUT2D eigenvalue weighted by Crippen LogP contribution is 2.34. The van der Waals surface area contributed by atoms with Crippen LogP contribution >= 0.6 is 0 Å². The number of methoxy groups -OCH3 is 1. The van der Waals surface area contributed by atoms with Gasteiger partial charge in [0.2, 0.25) is 5.89 Å². The smallest absolute Gasteiger partial charge is 0.360 e. The second-order valence-corrected chi connectivity index (χ2v) is 14.5. The van der Waals surface area contributed by atoms with E-state index in [2.05, 4.69) is 9.97 Å². The highest BCUT2D eigenvalue weighted by atomic mass is 16.6. The number of aromatic nitrogens is 2. The predicted octanol–water partition coefficient (Wildman–Crippen LogP) is 7.25. The zero-order chi connectivity index (χ0) is 40.0. The number of oxazole rings is 2. The quantitative estimate of drug-likeness (QED) is 0.165. The fourth-order valence-corrected chi connectivity index (χ4v) is 5.68. The van der Waals surface area contributed by atoms with Crippen LogP contribution in [0.3, 0.4) is 0 Å². The van der Waals surface area contributed by atoms with Crippen LogP contribution in [0, 0.1) is 10.8 Å². The van der Waals surface area contributed by atoms with Gasteiger partial charge in [-0.25, -0.2) is 19.6 Å². The lowest BCUT2D eigenvalue weighted by molar-refractivity contribution is -0.0461. The normalized spacial score (nSPS) is 28.3. The highest BCUT2D eigenvalue weighted by molar-refractivity contribution is 5.87. The second kappa shape index (κ2) is 20.2. The first-order valence-electron chi connectivity index (χ1n) is 18.4. The number of cyclic esters (lactones) is 2. The van der Waals surface area contributed by atoms with Crippen LogP contribution < -0.4 is 0 Å². The Morgan fingerprint density at radius 2 is 1.31 bits per heavy atom. The van der Waals surface area contributed by atoms with Crippen molar-refractivity contribution in [2.75, 3.05) is 7.11 Å². The van der Waals surface area contributed by atoms with E-state index in [4.69, 9.17) is 27.8 Å². The number of carbonyl (C=O) groups is 2. The maximum atomic E-state index is 13.3. The molecule has 0 aliphatic carbocycles. The monoisotopic (exact) mass is 758 g/mol. The third kappa shape index (κ3) is 12.3. The summed E-state index contributed by atoms with van der Waals surface area (Å²) in [5.74, 6) is -0.828. The number of rotatable bonds is 7. The van der Waals surface area contributed by atoms with Gasteiger partial charge in [-0.05, 0) is 13.8 Å². The largest absolute Gasteiger partial charge is 0.457 e. The standard InChI is InChI=1S/C43H54N2O10/c1-8-18-34(46)42(3,4)36-23-14-12-10-11-13-20-29(50-7)26-39-45-31(28-52-39)41(49)55-37(43(5,6)35(47)19-9-2)24-17-22-33-32(53-33)21-15-16-25-38-44-30(27-51-38)40(48)54-36/h8-22,25,27-29,32-37,46-47H,23-24,26H2,1-7H3/b11-10+,14-12-,18-8+,19-9+,20-13+,21-15+,22-17-,25-16+/t29?,32-,33+,34?,35?,36?,37?/m0/s1. The molecule has 2 N–H and O–H groups in total. The molecule has 12 heteroatoms. The van der Waals surface area contributed by atoms with Crippen LogP contribution in [0.5, 0.6) is 0 Å². The molecule has 55 heavy (non-hydrogen) atoms. The van der Waals surface area contributed by atoms with Crippen LogP contribution in [0.4, 0.5) is 0 Å². The molecule has 7 atom stereocenters. The lowest BCUT2D eigenvalue weighted by Gasteiger charge is -2.36. The van der Waals surface area contributed by atoms with Gasteiger partial charge in [0.15, 0.2) is 17.3 Å². The third-order valence-corrected chi connectivity index (χ3v) is 9.64. The van der Waals surface area contributed by atoms with Crippen molar-refractivity contribution >= 4 is 18.0 Å².